The summed E-state index contributed by atoms with van der Waals surface area (Å²) in [6.07, 6.45) is 3.33. The number of hydrogen-bond acceptors (Lipinski definition) is 2. The molecule has 0 saturated heterocycles. The minimum Gasteiger partial charge on any atom is -0.345 e. The van der Waals surface area contributed by atoms with Gasteiger partial charge in [-0.3, -0.25) is 4.79 Å². The molecule has 3 aromatic rings. The second-order valence-electron chi connectivity index (χ2n) is 5.61. The normalized spacial score (nSPS) is 11.9. The van der Waals surface area contributed by atoms with E-state index in [1.807, 2.05) is 68.4 Å². The van der Waals surface area contributed by atoms with Gasteiger partial charge in [0, 0.05) is 6.20 Å². The van der Waals surface area contributed by atoms with Crippen LogP contribution in [-0.2, 0) is 0 Å². The zero-order chi connectivity index (χ0) is 16.2. The van der Waals surface area contributed by atoms with Gasteiger partial charge in [-0.15, -0.1) is 0 Å². The summed E-state index contributed by atoms with van der Waals surface area (Å²) in [5, 5.41) is 7.26. The maximum absolute atomic E-state index is 12.4. The number of amides is 1. The molecule has 1 unspecified atom stereocenters. The number of hydrogen-bond donors (Lipinski definition) is 1. The molecule has 1 amide bonds. The van der Waals surface area contributed by atoms with E-state index in [1.165, 1.54) is 5.56 Å². The second kappa shape index (κ2) is 6.48. The van der Waals surface area contributed by atoms with E-state index in [4.69, 9.17) is 0 Å². The van der Waals surface area contributed by atoms with Gasteiger partial charge in [-0.05, 0) is 31.5 Å². The van der Waals surface area contributed by atoms with Crippen molar-refractivity contribution in [1.29, 1.82) is 0 Å². The van der Waals surface area contributed by atoms with Crippen molar-refractivity contribution in [2.75, 3.05) is 0 Å². The van der Waals surface area contributed by atoms with E-state index in [1.54, 1.807) is 17.1 Å². The summed E-state index contributed by atoms with van der Waals surface area (Å²) in [4.78, 5) is 12.4. The first kappa shape index (κ1) is 15.0. The van der Waals surface area contributed by atoms with Gasteiger partial charge in [-0.2, -0.15) is 5.10 Å². The highest BCUT2D eigenvalue weighted by atomic mass is 16.1. The predicted molar refractivity (Wildman–Crippen MR) is 90.6 cm³/mol. The lowest BCUT2D eigenvalue weighted by molar-refractivity contribution is 0.0940. The Morgan fingerprint density at radius 1 is 1.09 bits per heavy atom. The standard InChI is InChI=1S/C19H19N3O/c1-14-8-10-16(11-9-14)15(2)21-19(23)17-12-20-22(13-17)18-6-4-3-5-7-18/h3-13,15H,1-2H3,(H,21,23). The highest BCUT2D eigenvalue weighted by Crippen LogP contribution is 2.14. The summed E-state index contributed by atoms with van der Waals surface area (Å²) in [7, 11) is 0. The van der Waals surface area contributed by atoms with Crippen LogP contribution in [0.2, 0.25) is 0 Å². The molecule has 23 heavy (non-hydrogen) atoms. The molecule has 3 rings (SSSR count). The summed E-state index contributed by atoms with van der Waals surface area (Å²) < 4.78 is 1.70. The van der Waals surface area contributed by atoms with E-state index < -0.39 is 0 Å². The van der Waals surface area contributed by atoms with Crippen LogP contribution in [0.1, 0.15) is 34.5 Å². The molecule has 0 fully saturated rings. The lowest BCUT2D eigenvalue weighted by atomic mass is 10.1. The molecule has 0 spiro atoms. The van der Waals surface area contributed by atoms with Gasteiger partial charge in [-0.25, -0.2) is 4.68 Å². The van der Waals surface area contributed by atoms with Crippen molar-refractivity contribution in [3.05, 3.63) is 83.7 Å². The number of aryl methyl sites for hydroxylation is 1. The van der Waals surface area contributed by atoms with Gasteiger partial charge in [0.1, 0.15) is 0 Å². The first-order valence-corrected chi connectivity index (χ1v) is 7.61. The van der Waals surface area contributed by atoms with Crippen LogP contribution in [0.15, 0.2) is 67.0 Å². The minimum atomic E-state index is -0.125. The average Bonchev–Trinajstić information content (AvgIpc) is 3.06. The molecular formula is C19H19N3O. The Morgan fingerprint density at radius 3 is 2.48 bits per heavy atom. The predicted octanol–water partition coefficient (Wildman–Crippen LogP) is 3.67. The molecule has 1 N–H and O–H groups in total. The molecule has 2 aromatic carbocycles. The molecule has 1 aromatic heterocycles. The van der Waals surface area contributed by atoms with Gasteiger partial charge in [0.25, 0.3) is 5.91 Å². The molecule has 0 bridgehead atoms. The highest BCUT2D eigenvalue weighted by molar-refractivity contribution is 5.94. The van der Waals surface area contributed by atoms with Gasteiger partial charge in [0.15, 0.2) is 0 Å². The summed E-state index contributed by atoms with van der Waals surface area (Å²) >= 11 is 0. The monoisotopic (exact) mass is 305 g/mol. The van der Waals surface area contributed by atoms with Crippen molar-refractivity contribution in [3.8, 4) is 5.69 Å². The molecule has 0 aliphatic rings. The first-order chi connectivity index (χ1) is 11.1. The van der Waals surface area contributed by atoms with Crippen LogP contribution in [0, 0.1) is 6.92 Å². The second-order valence-corrected chi connectivity index (χ2v) is 5.61. The maximum Gasteiger partial charge on any atom is 0.254 e. The summed E-state index contributed by atoms with van der Waals surface area (Å²) in [6, 6.07) is 17.8. The molecule has 1 heterocycles. The quantitative estimate of drug-likeness (QED) is 0.799. The largest absolute Gasteiger partial charge is 0.345 e. The third-order valence-electron chi connectivity index (χ3n) is 3.79. The van der Waals surface area contributed by atoms with E-state index >= 15 is 0 Å². The highest BCUT2D eigenvalue weighted by Gasteiger charge is 2.13. The average molecular weight is 305 g/mol. The Kier molecular flexibility index (Phi) is 4.24. The van der Waals surface area contributed by atoms with Gasteiger partial charge in [0.05, 0.1) is 23.5 Å². The molecule has 0 aliphatic heterocycles. The number of benzene rings is 2. The smallest absolute Gasteiger partial charge is 0.254 e. The lowest BCUT2D eigenvalue weighted by Gasteiger charge is -2.13. The van der Waals surface area contributed by atoms with E-state index in [0.29, 0.717) is 5.56 Å². The topological polar surface area (TPSA) is 46.9 Å². The van der Waals surface area contributed by atoms with Crippen LogP contribution in [0.25, 0.3) is 5.69 Å². The van der Waals surface area contributed by atoms with Crippen LogP contribution >= 0.6 is 0 Å². The Hall–Kier alpha value is -2.88. The fourth-order valence-corrected chi connectivity index (χ4v) is 2.38. The molecule has 4 heteroatoms. The Balaban J connectivity index is 1.71. The van der Waals surface area contributed by atoms with E-state index in [9.17, 15) is 4.79 Å². The molecule has 0 saturated carbocycles. The Bertz CT molecular complexity index is 791. The van der Waals surface area contributed by atoms with Crippen molar-refractivity contribution < 1.29 is 4.79 Å². The zero-order valence-corrected chi connectivity index (χ0v) is 13.2. The third-order valence-corrected chi connectivity index (χ3v) is 3.79. The van der Waals surface area contributed by atoms with Crippen molar-refractivity contribution in [3.63, 3.8) is 0 Å². The lowest BCUT2D eigenvalue weighted by Crippen LogP contribution is -2.26. The molecule has 0 aliphatic carbocycles. The van der Waals surface area contributed by atoms with Crippen LogP contribution < -0.4 is 5.32 Å². The van der Waals surface area contributed by atoms with Crippen molar-refractivity contribution in [2.45, 2.75) is 19.9 Å². The summed E-state index contributed by atoms with van der Waals surface area (Å²) in [5.41, 5.74) is 3.77. The minimum absolute atomic E-state index is 0.0526. The summed E-state index contributed by atoms with van der Waals surface area (Å²) in [5.74, 6) is -0.125. The number of carbonyl (C=O) groups is 1. The number of rotatable bonds is 4. The van der Waals surface area contributed by atoms with Gasteiger partial charge in [-0.1, -0.05) is 48.0 Å². The molecule has 116 valence electrons. The first-order valence-electron chi connectivity index (χ1n) is 7.61. The molecule has 1 atom stereocenters. The SMILES string of the molecule is Cc1ccc(C(C)NC(=O)c2cnn(-c3ccccc3)c2)cc1. The molecule has 4 nitrogen and oxygen atoms in total. The number of nitrogens with one attached hydrogen (secondary N) is 1. The maximum atomic E-state index is 12.4. The van der Waals surface area contributed by atoms with Gasteiger partial charge >= 0.3 is 0 Å². The number of aromatic nitrogens is 2. The number of para-hydroxylation sites is 1. The van der Waals surface area contributed by atoms with Crippen molar-refractivity contribution in [2.24, 2.45) is 0 Å². The fourth-order valence-electron chi connectivity index (χ4n) is 2.38. The van der Waals surface area contributed by atoms with Gasteiger partial charge in [0.2, 0.25) is 0 Å². The van der Waals surface area contributed by atoms with Crippen molar-refractivity contribution in [1.82, 2.24) is 15.1 Å². The fraction of sp³-hybridized carbons (Fsp3) is 0.158. The van der Waals surface area contributed by atoms with Crippen LogP contribution in [0.3, 0.4) is 0 Å². The number of nitrogens with zero attached hydrogens (tertiary/aromatic N) is 2. The van der Waals surface area contributed by atoms with Crippen molar-refractivity contribution >= 4 is 5.91 Å². The molecular weight excluding hydrogens is 286 g/mol. The van der Waals surface area contributed by atoms with E-state index in [2.05, 4.69) is 10.4 Å². The Labute approximate surface area is 135 Å². The summed E-state index contributed by atoms with van der Waals surface area (Å²) in [6.45, 7) is 4.02. The van der Waals surface area contributed by atoms with E-state index in [0.717, 1.165) is 11.3 Å². The van der Waals surface area contributed by atoms with Crippen LogP contribution in [-0.4, -0.2) is 15.7 Å². The Morgan fingerprint density at radius 2 is 1.78 bits per heavy atom. The van der Waals surface area contributed by atoms with Crippen LogP contribution in [0.4, 0.5) is 0 Å². The van der Waals surface area contributed by atoms with E-state index in [-0.39, 0.29) is 11.9 Å². The van der Waals surface area contributed by atoms with Gasteiger partial charge < -0.3 is 5.32 Å². The third kappa shape index (κ3) is 3.48. The molecule has 0 radical (unpaired) electrons. The zero-order valence-electron chi connectivity index (χ0n) is 13.2. The number of carbonyl (C=O) groups excluding carboxylic acids is 1. The van der Waals surface area contributed by atoms with Crippen LogP contribution in [0.5, 0.6) is 0 Å².